The van der Waals surface area contributed by atoms with E-state index < -0.39 is 35.0 Å². The molecule has 0 aliphatic heterocycles. The molecular weight excluding hydrogens is 426 g/mol. The summed E-state index contributed by atoms with van der Waals surface area (Å²) in [6, 6.07) is 3.48. The van der Waals surface area contributed by atoms with Gasteiger partial charge in [-0.3, -0.25) is 9.36 Å². The van der Waals surface area contributed by atoms with Crippen LogP contribution in [-0.2, 0) is 19.4 Å². The van der Waals surface area contributed by atoms with E-state index in [2.05, 4.69) is 4.98 Å². The molecule has 1 aliphatic rings. The van der Waals surface area contributed by atoms with Crippen LogP contribution in [0.1, 0.15) is 37.2 Å². The first-order valence-corrected chi connectivity index (χ1v) is 8.99. The first-order valence-electron chi connectivity index (χ1n) is 8.61. The summed E-state index contributed by atoms with van der Waals surface area (Å²) < 4.78 is 85.4. The highest BCUT2D eigenvalue weighted by molar-refractivity contribution is 6.32. The van der Waals surface area contributed by atoms with Crippen molar-refractivity contribution in [2.75, 3.05) is 0 Å². The SMILES string of the molecule is Cn1c(C(F)(F)F)nc(C(F)(F)F)c(-c2ccc(Cl)c(OC3CCCC3)c2)c1=O. The van der Waals surface area contributed by atoms with Crippen molar-refractivity contribution in [3.63, 3.8) is 0 Å². The largest absolute Gasteiger partial charge is 0.489 e. The van der Waals surface area contributed by atoms with Gasteiger partial charge < -0.3 is 4.74 Å². The highest BCUT2D eigenvalue weighted by Gasteiger charge is 2.43. The van der Waals surface area contributed by atoms with Crippen LogP contribution < -0.4 is 10.3 Å². The lowest BCUT2D eigenvalue weighted by Gasteiger charge is -2.19. The molecule has 2 aromatic rings. The molecule has 1 fully saturated rings. The quantitative estimate of drug-likeness (QED) is 0.595. The van der Waals surface area contributed by atoms with Gasteiger partial charge in [-0.05, 0) is 43.4 Å². The molecule has 3 rings (SSSR count). The lowest BCUT2D eigenvalue weighted by Crippen LogP contribution is -2.32. The maximum absolute atomic E-state index is 13.5. The second-order valence-corrected chi connectivity index (χ2v) is 7.10. The predicted octanol–water partition coefficient (Wildman–Crippen LogP) is 5.46. The van der Waals surface area contributed by atoms with Gasteiger partial charge in [-0.1, -0.05) is 17.7 Å². The molecule has 0 saturated heterocycles. The fourth-order valence-corrected chi connectivity index (χ4v) is 3.42. The number of rotatable bonds is 3. The number of nitrogens with zero attached hydrogens (tertiary/aromatic N) is 2. The van der Waals surface area contributed by atoms with Crippen LogP contribution in [0.5, 0.6) is 5.75 Å². The lowest BCUT2D eigenvalue weighted by molar-refractivity contribution is -0.154. The Labute approximate surface area is 166 Å². The van der Waals surface area contributed by atoms with E-state index in [0.717, 1.165) is 37.8 Å². The topological polar surface area (TPSA) is 44.1 Å². The van der Waals surface area contributed by atoms with Crippen LogP contribution in [0.2, 0.25) is 5.02 Å². The Bertz CT molecular complexity index is 978. The summed E-state index contributed by atoms with van der Waals surface area (Å²) in [4.78, 5) is 15.2. The Balaban J connectivity index is 2.20. The Hall–Kier alpha value is -2.23. The molecule has 1 aromatic heterocycles. The number of ether oxygens (including phenoxy) is 1. The van der Waals surface area contributed by atoms with Crippen molar-refractivity contribution in [3.8, 4) is 16.9 Å². The van der Waals surface area contributed by atoms with E-state index in [4.69, 9.17) is 16.3 Å². The summed E-state index contributed by atoms with van der Waals surface area (Å²) in [5.41, 5.74) is -4.67. The van der Waals surface area contributed by atoms with Crippen molar-refractivity contribution in [1.82, 2.24) is 9.55 Å². The van der Waals surface area contributed by atoms with E-state index in [9.17, 15) is 31.1 Å². The van der Waals surface area contributed by atoms with E-state index in [1.54, 1.807) is 0 Å². The highest BCUT2D eigenvalue weighted by atomic mass is 35.5. The first-order chi connectivity index (χ1) is 13.4. The minimum atomic E-state index is -5.28. The highest BCUT2D eigenvalue weighted by Crippen LogP contribution is 2.39. The van der Waals surface area contributed by atoms with Gasteiger partial charge in [0.15, 0.2) is 5.69 Å². The predicted molar refractivity (Wildman–Crippen MR) is 92.8 cm³/mol. The smallest absolute Gasteiger partial charge is 0.449 e. The lowest BCUT2D eigenvalue weighted by atomic mass is 10.0. The zero-order valence-corrected chi connectivity index (χ0v) is 15.8. The molecule has 0 N–H and O–H groups in total. The normalized spacial score (nSPS) is 15.7. The molecule has 0 atom stereocenters. The first kappa shape index (κ1) is 21.5. The summed E-state index contributed by atoms with van der Waals surface area (Å²) in [6.45, 7) is 0. The fourth-order valence-electron chi connectivity index (χ4n) is 3.26. The molecule has 0 radical (unpaired) electrons. The van der Waals surface area contributed by atoms with Crippen LogP contribution in [0.3, 0.4) is 0 Å². The van der Waals surface area contributed by atoms with E-state index in [1.807, 2.05) is 0 Å². The molecule has 1 aromatic carbocycles. The number of benzene rings is 1. The van der Waals surface area contributed by atoms with Crippen LogP contribution in [0, 0.1) is 0 Å². The van der Waals surface area contributed by atoms with E-state index in [1.165, 1.54) is 6.07 Å². The standard InChI is InChI=1S/C18H15ClF6N2O2/c1-27-15(28)13(14(17(20,21)22)26-16(27)18(23,24)25)9-6-7-11(19)12(8-9)29-10-4-2-3-5-10/h6-8,10H,2-5H2,1H3. The molecule has 158 valence electrons. The molecule has 4 nitrogen and oxygen atoms in total. The van der Waals surface area contributed by atoms with Gasteiger partial charge in [0, 0.05) is 7.05 Å². The minimum absolute atomic E-state index is 0.0523. The maximum Gasteiger partial charge on any atom is 0.449 e. The van der Waals surface area contributed by atoms with E-state index >= 15 is 0 Å². The monoisotopic (exact) mass is 440 g/mol. The van der Waals surface area contributed by atoms with E-state index in [-0.39, 0.29) is 27.0 Å². The summed E-state index contributed by atoms with van der Waals surface area (Å²) in [5, 5.41) is 0.117. The fraction of sp³-hybridized carbons (Fsp3) is 0.444. The average Bonchev–Trinajstić information content (AvgIpc) is 3.10. The molecule has 1 aliphatic carbocycles. The number of hydrogen-bond acceptors (Lipinski definition) is 3. The van der Waals surface area contributed by atoms with Gasteiger partial charge >= 0.3 is 12.4 Å². The van der Waals surface area contributed by atoms with Crippen molar-refractivity contribution in [2.45, 2.75) is 44.1 Å². The molecule has 1 saturated carbocycles. The number of halogens is 7. The third kappa shape index (κ3) is 4.36. The van der Waals surface area contributed by atoms with Gasteiger partial charge in [-0.25, -0.2) is 4.98 Å². The van der Waals surface area contributed by atoms with Gasteiger partial charge in [-0.2, -0.15) is 26.3 Å². The zero-order chi connectivity index (χ0) is 21.6. The minimum Gasteiger partial charge on any atom is -0.489 e. The Kier molecular flexibility index (Phi) is 5.59. The van der Waals surface area contributed by atoms with Crippen molar-refractivity contribution >= 4 is 11.6 Å². The molecule has 0 bridgehead atoms. The zero-order valence-electron chi connectivity index (χ0n) is 15.0. The molecule has 0 spiro atoms. The summed E-state index contributed by atoms with van der Waals surface area (Å²) >= 11 is 6.05. The van der Waals surface area contributed by atoms with Gasteiger partial charge in [0.1, 0.15) is 5.75 Å². The number of alkyl halides is 6. The summed E-state index contributed by atoms with van der Waals surface area (Å²) in [6.07, 6.45) is -7.32. The molecule has 11 heteroatoms. The van der Waals surface area contributed by atoms with Crippen LogP contribution in [0.15, 0.2) is 23.0 Å². The maximum atomic E-state index is 13.5. The molecule has 0 unspecified atom stereocenters. The van der Waals surface area contributed by atoms with Crippen molar-refractivity contribution < 1.29 is 31.1 Å². The summed E-state index contributed by atoms with van der Waals surface area (Å²) in [7, 11) is 0.716. The van der Waals surface area contributed by atoms with Gasteiger partial charge in [-0.15, -0.1) is 0 Å². The second-order valence-electron chi connectivity index (χ2n) is 6.69. The summed E-state index contributed by atoms with van der Waals surface area (Å²) in [5.74, 6) is -1.87. The molecule has 0 amide bonds. The van der Waals surface area contributed by atoms with Crippen LogP contribution in [-0.4, -0.2) is 15.7 Å². The third-order valence-electron chi connectivity index (χ3n) is 4.63. The van der Waals surface area contributed by atoms with E-state index in [0.29, 0.717) is 7.05 Å². The number of hydrogen-bond donors (Lipinski definition) is 0. The van der Waals surface area contributed by atoms with Crippen molar-refractivity contribution in [1.29, 1.82) is 0 Å². The van der Waals surface area contributed by atoms with Crippen molar-refractivity contribution in [3.05, 3.63) is 45.1 Å². The van der Waals surface area contributed by atoms with Gasteiger partial charge in [0.05, 0.1) is 16.7 Å². The molecule has 1 heterocycles. The van der Waals surface area contributed by atoms with Gasteiger partial charge in [0.25, 0.3) is 5.56 Å². The third-order valence-corrected chi connectivity index (χ3v) is 4.94. The molecular formula is C18H15ClF6N2O2. The Morgan fingerprint density at radius 2 is 1.72 bits per heavy atom. The van der Waals surface area contributed by atoms with Crippen molar-refractivity contribution in [2.24, 2.45) is 7.05 Å². The van der Waals surface area contributed by atoms with Crippen LogP contribution in [0.4, 0.5) is 26.3 Å². The molecule has 29 heavy (non-hydrogen) atoms. The average molecular weight is 441 g/mol. The van der Waals surface area contributed by atoms with Crippen LogP contribution in [0.25, 0.3) is 11.1 Å². The Morgan fingerprint density at radius 3 is 2.28 bits per heavy atom. The van der Waals surface area contributed by atoms with Gasteiger partial charge in [0.2, 0.25) is 5.82 Å². The Morgan fingerprint density at radius 1 is 1.10 bits per heavy atom. The second kappa shape index (κ2) is 7.55. The number of aromatic nitrogens is 2. The van der Waals surface area contributed by atoms with Crippen LogP contribution >= 0.6 is 11.6 Å².